The Morgan fingerprint density at radius 1 is 1.40 bits per heavy atom. The summed E-state index contributed by atoms with van der Waals surface area (Å²) >= 11 is 0. The lowest BCUT2D eigenvalue weighted by Crippen LogP contribution is -2.30. The zero-order valence-electron chi connectivity index (χ0n) is 12.8. The number of nitrogens with zero attached hydrogens (tertiary/aromatic N) is 3. The molecule has 0 saturated heterocycles. The van der Waals surface area contributed by atoms with Crippen LogP contribution in [0.3, 0.4) is 0 Å². The third-order valence-electron chi connectivity index (χ3n) is 3.40. The lowest BCUT2D eigenvalue weighted by Gasteiger charge is -2.24. The maximum Gasteiger partial charge on any atom is 0.155 e. The largest absolute Gasteiger partial charge is 0.385 e. The van der Waals surface area contributed by atoms with E-state index in [0.717, 1.165) is 43.0 Å². The van der Waals surface area contributed by atoms with Gasteiger partial charge in [0, 0.05) is 50.8 Å². The number of methoxy groups -OCH3 is 1. The van der Waals surface area contributed by atoms with Crippen LogP contribution in [0, 0.1) is 12.3 Å². The zero-order chi connectivity index (χ0) is 14.6. The molecule has 2 rings (SSSR count). The molecular weight excluding hydrogens is 252 g/mol. The molecule has 0 spiro atoms. The molecule has 0 aromatic carbocycles. The number of hydrogen-bond donors (Lipinski definition) is 1. The third-order valence-corrected chi connectivity index (χ3v) is 3.40. The van der Waals surface area contributed by atoms with Crippen molar-refractivity contribution in [2.45, 2.75) is 33.7 Å². The maximum atomic E-state index is 5.14. The van der Waals surface area contributed by atoms with Crippen LogP contribution in [0.1, 0.15) is 31.5 Å². The van der Waals surface area contributed by atoms with Crippen LogP contribution in [0.2, 0.25) is 0 Å². The van der Waals surface area contributed by atoms with Crippen LogP contribution in [-0.2, 0) is 11.3 Å². The van der Waals surface area contributed by atoms with E-state index in [-0.39, 0.29) is 5.41 Å². The summed E-state index contributed by atoms with van der Waals surface area (Å²) in [4.78, 5) is 4.41. The molecule has 0 aliphatic rings. The summed E-state index contributed by atoms with van der Waals surface area (Å²) in [6.07, 6.45) is 4.99. The van der Waals surface area contributed by atoms with Crippen LogP contribution in [0.25, 0.3) is 5.65 Å². The van der Waals surface area contributed by atoms with Gasteiger partial charge in [0.2, 0.25) is 0 Å². The Morgan fingerprint density at radius 3 is 2.95 bits per heavy atom. The Kier molecular flexibility index (Phi) is 4.73. The van der Waals surface area contributed by atoms with Crippen LogP contribution in [0.15, 0.2) is 18.5 Å². The van der Waals surface area contributed by atoms with E-state index in [2.05, 4.69) is 29.2 Å². The fourth-order valence-corrected chi connectivity index (χ4v) is 2.14. The highest BCUT2D eigenvalue weighted by Gasteiger charge is 2.16. The third kappa shape index (κ3) is 4.02. The van der Waals surface area contributed by atoms with Crippen molar-refractivity contribution in [1.29, 1.82) is 0 Å². The molecule has 0 aliphatic carbocycles. The molecule has 0 amide bonds. The Balaban J connectivity index is 1.89. The van der Waals surface area contributed by atoms with Crippen molar-refractivity contribution in [2.24, 2.45) is 5.41 Å². The Hall–Kier alpha value is -1.46. The minimum atomic E-state index is 0.232. The quantitative estimate of drug-likeness (QED) is 0.842. The number of nitrogens with one attached hydrogen (secondary N) is 1. The maximum absolute atomic E-state index is 5.14. The first-order chi connectivity index (χ1) is 9.50. The van der Waals surface area contributed by atoms with Gasteiger partial charge >= 0.3 is 0 Å². The number of fused-ring (bicyclic) bond motifs is 1. The van der Waals surface area contributed by atoms with Crippen molar-refractivity contribution in [2.75, 3.05) is 20.3 Å². The predicted molar refractivity (Wildman–Crippen MR) is 79.7 cm³/mol. The minimum Gasteiger partial charge on any atom is -0.385 e. The first-order valence-corrected chi connectivity index (χ1v) is 7.01. The molecule has 0 unspecified atom stereocenters. The number of rotatable bonds is 7. The van der Waals surface area contributed by atoms with Crippen molar-refractivity contribution >= 4 is 5.65 Å². The highest BCUT2D eigenvalue weighted by molar-refractivity contribution is 5.38. The van der Waals surface area contributed by atoms with Crippen LogP contribution in [0.5, 0.6) is 0 Å². The standard InChI is InChI=1S/C15H24N4O/c1-12-7-14-17-9-13(10-19(14)18-12)8-16-11-15(2,3)5-6-20-4/h7,9-10,16H,5-6,8,11H2,1-4H3. The SMILES string of the molecule is COCCC(C)(C)CNCc1cnc2cc(C)nn2c1. The molecule has 2 aromatic heterocycles. The van der Waals surface area contributed by atoms with Gasteiger partial charge in [0.15, 0.2) is 5.65 Å². The molecule has 0 radical (unpaired) electrons. The van der Waals surface area contributed by atoms with Gasteiger partial charge in [-0.1, -0.05) is 13.8 Å². The van der Waals surface area contributed by atoms with Gasteiger partial charge in [0.25, 0.3) is 0 Å². The van der Waals surface area contributed by atoms with Crippen LogP contribution in [0.4, 0.5) is 0 Å². The molecule has 5 heteroatoms. The second-order valence-corrected chi connectivity index (χ2v) is 6.06. The molecule has 20 heavy (non-hydrogen) atoms. The van der Waals surface area contributed by atoms with Crippen LogP contribution >= 0.6 is 0 Å². The highest BCUT2D eigenvalue weighted by atomic mass is 16.5. The molecule has 0 saturated carbocycles. The van der Waals surface area contributed by atoms with Crippen molar-refractivity contribution in [1.82, 2.24) is 19.9 Å². The van der Waals surface area contributed by atoms with Gasteiger partial charge in [-0.25, -0.2) is 9.50 Å². The molecule has 2 aromatic rings. The highest BCUT2D eigenvalue weighted by Crippen LogP contribution is 2.18. The van der Waals surface area contributed by atoms with E-state index in [0.29, 0.717) is 0 Å². The van der Waals surface area contributed by atoms with Gasteiger partial charge < -0.3 is 10.1 Å². The van der Waals surface area contributed by atoms with Crippen molar-refractivity contribution in [3.05, 3.63) is 29.7 Å². The van der Waals surface area contributed by atoms with Crippen molar-refractivity contribution in [3.8, 4) is 0 Å². The van der Waals surface area contributed by atoms with Crippen molar-refractivity contribution in [3.63, 3.8) is 0 Å². The number of ether oxygens (including phenoxy) is 1. The van der Waals surface area contributed by atoms with Crippen molar-refractivity contribution < 1.29 is 4.74 Å². The van der Waals surface area contributed by atoms with E-state index >= 15 is 0 Å². The van der Waals surface area contributed by atoms with E-state index < -0.39 is 0 Å². The molecule has 1 N–H and O–H groups in total. The lowest BCUT2D eigenvalue weighted by atomic mass is 9.90. The summed E-state index contributed by atoms with van der Waals surface area (Å²) in [5.41, 5.74) is 3.26. The van der Waals surface area contributed by atoms with Gasteiger partial charge in [-0.15, -0.1) is 0 Å². The summed E-state index contributed by atoms with van der Waals surface area (Å²) < 4.78 is 6.98. The van der Waals surface area contributed by atoms with E-state index in [1.807, 2.05) is 29.9 Å². The summed E-state index contributed by atoms with van der Waals surface area (Å²) in [7, 11) is 1.75. The molecular formula is C15H24N4O. The molecule has 2 heterocycles. The summed E-state index contributed by atoms with van der Waals surface area (Å²) in [6, 6.07) is 1.98. The monoisotopic (exact) mass is 276 g/mol. The Bertz CT molecular complexity index is 562. The number of hydrogen-bond acceptors (Lipinski definition) is 4. The zero-order valence-corrected chi connectivity index (χ0v) is 12.8. The lowest BCUT2D eigenvalue weighted by molar-refractivity contribution is 0.150. The average molecular weight is 276 g/mol. The smallest absolute Gasteiger partial charge is 0.155 e. The molecule has 0 atom stereocenters. The van der Waals surface area contributed by atoms with Gasteiger partial charge in [-0.05, 0) is 18.8 Å². The van der Waals surface area contributed by atoms with Gasteiger partial charge in [-0.3, -0.25) is 0 Å². The van der Waals surface area contributed by atoms with E-state index in [1.54, 1.807) is 7.11 Å². The first kappa shape index (κ1) is 14.9. The molecule has 110 valence electrons. The summed E-state index contributed by atoms with van der Waals surface area (Å²) in [6.45, 7) is 9.03. The van der Waals surface area contributed by atoms with E-state index in [9.17, 15) is 0 Å². The predicted octanol–water partition coefficient (Wildman–Crippen LogP) is 2.19. The van der Waals surface area contributed by atoms with Gasteiger partial charge in [0.05, 0.1) is 5.69 Å². The molecule has 0 fully saturated rings. The number of aryl methyl sites for hydroxylation is 1. The van der Waals surface area contributed by atoms with Gasteiger partial charge in [0.1, 0.15) is 0 Å². The molecule has 5 nitrogen and oxygen atoms in total. The summed E-state index contributed by atoms with van der Waals surface area (Å²) in [5, 5.41) is 7.87. The second-order valence-electron chi connectivity index (χ2n) is 6.06. The minimum absolute atomic E-state index is 0.232. The van der Waals surface area contributed by atoms with E-state index in [1.165, 1.54) is 0 Å². The topological polar surface area (TPSA) is 51.5 Å². The normalized spacial score (nSPS) is 12.2. The van der Waals surface area contributed by atoms with Gasteiger partial charge in [-0.2, -0.15) is 5.10 Å². The molecule has 0 bridgehead atoms. The average Bonchev–Trinajstić information content (AvgIpc) is 2.75. The second kappa shape index (κ2) is 6.33. The molecule has 0 aliphatic heterocycles. The number of aromatic nitrogens is 3. The fraction of sp³-hybridized carbons (Fsp3) is 0.600. The Labute approximate surface area is 120 Å². The van der Waals surface area contributed by atoms with E-state index in [4.69, 9.17) is 4.74 Å². The van der Waals surface area contributed by atoms with Crippen LogP contribution < -0.4 is 5.32 Å². The van der Waals surface area contributed by atoms with Crippen LogP contribution in [-0.4, -0.2) is 34.9 Å². The first-order valence-electron chi connectivity index (χ1n) is 7.01. The summed E-state index contributed by atoms with van der Waals surface area (Å²) in [5.74, 6) is 0. The fourth-order valence-electron chi connectivity index (χ4n) is 2.14. The Morgan fingerprint density at radius 2 is 2.20 bits per heavy atom.